The van der Waals surface area contributed by atoms with E-state index in [0.717, 1.165) is 6.20 Å². The molecule has 0 spiro atoms. The normalized spacial score (nSPS) is 10.7. The van der Waals surface area contributed by atoms with Gasteiger partial charge in [0.1, 0.15) is 11.6 Å². The smallest absolute Gasteiger partial charge is 0.148 e. The third-order valence-corrected chi connectivity index (χ3v) is 1.61. The van der Waals surface area contributed by atoms with Gasteiger partial charge in [0.2, 0.25) is 0 Å². The lowest BCUT2D eigenvalue weighted by Crippen LogP contribution is -1.75. The standard InChI is InChI=1S/C8H5F2N/c9-6-3-1-2-5-7(10)4-11-8(5)6/h1-4,11H. The first kappa shape index (κ1) is 6.34. The van der Waals surface area contributed by atoms with Gasteiger partial charge in [0.15, 0.2) is 0 Å². The first-order valence-corrected chi connectivity index (χ1v) is 3.20. The van der Waals surface area contributed by atoms with Gasteiger partial charge in [-0.05, 0) is 12.1 Å². The fourth-order valence-corrected chi connectivity index (χ4v) is 1.08. The van der Waals surface area contributed by atoms with Gasteiger partial charge in [-0.1, -0.05) is 6.07 Å². The van der Waals surface area contributed by atoms with Gasteiger partial charge in [-0.2, -0.15) is 0 Å². The monoisotopic (exact) mass is 153 g/mol. The number of benzene rings is 1. The number of fused-ring (bicyclic) bond motifs is 1. The van der Waals surface area contributed by atoms with Crippen molar-refractivity contribution < 1.29 is 8.78 Å². The largest absolute Gasteiger partial charge is 0.356 e. The molecule has 0 fully saturated rings. The van der Waals surface area contributed by atoms with E-state index < -0.39 is 11.6 Å². The predicted octanol–water partition coefficient (Wildman–Crippen LogP) is 2.45. The number of rotatable bonds is 0. The van der Waals surface area contributed by atoms with Gasteiger partial charge in [0.25, 0.3) is 0 Å². The molecule has 1 nitrogen and oxygen atoms in total. The van der Waals surface area contributed by atoms with E-state index in [4.69, 9.17) is 0 Å². The van der Waals surface area contributed by atoms with Gasteiger partial charge in [-0.15, -0.1) is 0 Å². The lowest BCUT2D eigenvalue weighted by Gasteiger charge is -1.89. The fraction of sp³-hybridized carbons (Fsp3) is 0. The molecule has 0 radical (unpaired) electrons. The van der Waals surface area contributed by atoms with Crippen LogP contribution in [0.1, 0.15) is 0 Å². The van der Waals surface area contributed by atoms with Gasteiger partial charge in [-0.3, -0.25) is 0 Å². The van der Waals surface area contributed by atoms with Crippen molar-refractivity contribution in [3.05, 3.63) is 36.0 Å². The number of hydrogen-bond donors (Lipinski definition) is 1. The van der Waals surface area contributed by atoms with E-state index in [1.54, 1.807) is 0 Å². The minimum absolute atomic E-state index is 0.227. The summed E-state index contributed by atoms with van der Waals surface area (Å²) in [7, 11) is 0. The van der Waals surface area contributed by atoms with Crippen molar-refractivity contribution in [1.82, 2.24) is 4.98 Å². The Kier molecular flexibility index (Phi) is 1.18. The van der Waals surface area contributed by atoms with Crippen molar-refractivity contribution in [2.45, 2.75) is 0 Å². The van der Waals surface area contributed by atoms with E-state index >= 15 is 0 Å². The molecule has 1 aromatic carbocycles. The number of nitrogens with one attached hydrogen (secondary N) is 1. The van der Waals surface area contributed by atoms with Crippen LogP contribution in [-0.2, 0) is 0 Å². The van der Waals surface area contributed by atoms with E-state index in [1.807, 2.05) is 0 Å². The maximum absolute atomic E-state index is 12.8. The Morgan fingerprint density at radius 3 is 2.64 bits per heavy atom. The Hall–Kier alpha value is -1.38. The quantitative estimate of drug-likeness (QED) is 0.598. The van der Waals surface area contributed by atoms with Crippen LogP contribution >= 0.6 is 0 Å². The zero-order valence-electron chi connectivity index (χ0n) is 5.57. The summed E-state index contributed by atoms with van der Waals surface area (Å²) in [6.45, 7) is 0. The molecule has 1 N–H and O–H groups in total. The molecule has 0 saturated heterocycles. The first-order chi connectivity index (χ1) is 5.29. The first-order valence-electron chi connectivity index (χ1n) is 3.20. The van der Waals surface area contributed by atoms with Crippen molar-refractivity contribution in [2.75, 3.05) is 0 Å². The second kappa shape index (κ2) is 2.05. The number of aromatic amines is 1. The van der Waals surface area contributed by atoms with Crippen LogP contribution in [0.4, 0.5) is 8.78 Å². The Morgan fingerprint density at radius 1 is 1.09 bits per heavy atom. The summed E-state index contributed by atoms with van der Waals surface area (Å²) in [5.41, 5.74) is 0.227. The third kappa shape index (κ3) is 0.808. The number of H-pyrrole nitrogens is 1. The molecule has 0 unspecified atom stereocenters. The zero-order valence-corrected chi connectivity index (χ0v) is 5.57. The second-order valence-corrected chi connectivity index (χ2v) is 2.30. The molecule has 1 aromatic heterocycles. The number of para-hydroxylation sites is 1. The molecule has 0 saturated carbocycles. The number of halogens is 2. The van der Waals surface area contributed by atoms with Gasteiger partial charge in [-0.25, -0.2) is 8.78 Å². The summed E-state index contributed by atoms with van der Waals surface area (Å²) in [5.74, 6) is -0.842. The second-order valence-electron chi connectivity index (χ2n) is 2.30. The van der Waals surface area contributed by atoms with Gasteiger partial charge >= 0.3 is 0 Å². The highest BCUT2D eigenvalue weighted by Gasteiger charge is 2.04. The topological polar surface area (TPSA) is 15.8 Å². The fourth-order valence-electron chi connectivity index (χ4n) is 1.08. The van der Waals surface area contributed by atoms with Gasteiger partial charge < -0.3 is 4.98 Å². The van der Waals surface area contributed by atoms with Crippen molar-refractivity contribution in [2.24, 2.45) is 0 Å². The van der Waals surface area contributed by atoms with E-state index in [0.29, 0.717) is 5.39 Å². The molecule has 2 aromatic rings. The van der Waals surface area contributed by atoms with Crippen LogP contribution in [0.15, 0.2) is 24.4 Å². The van der Waals surface area contributed by atoms with Crippen molar-refractivity contribution in [3.8, 4) is 0 Å². The van der Waals surface area contributed by atoms with Crippen LogP contribution in [-0.4, -0.2) is 4.98 Å². The van der Waals surface area contributed by atoms with Crippen molar-refractivity contribution in [1.29, 1.82) is 0 Å². The lowest BCUT2D eigenvalue weighted by molar-refractivity contribution is 0.635. The molecule has 0 bridgehead atoms. The maximum atomic E-state index is 12.8. The molecule has 0 aliphatic rings. The van der Waals surface area contributed by atoms with Crippen LogP contribution in [0.25, 0.3) is 10.9 Å². The average molecular weight is 153 g/mol. The van der Waals surface area contributed by atoms with Crippen LogP contribution in [0.5, 0.6) is 0 Å². The predicted molar refractivity (Wildman–Crippen MR) is 38.2 cm³/mol. The molecule has 0 amide bonds. The summed E-state index contributed by atoms with van der Waals surface area (Å²) in [6, 6.07) is 4.30. The highest BCUT2D eigenvalue weighted by Crippen LogP contribution is 2.18. The summed E-state index contributed by atoms with van der Waals surface area (Å²) in [5, 5.41) is 0.296. The Bertz CT molecular complexity index is 392. The Balaban J connectivity index is 2.94. The summed E-state index contributed by atoms with van der Waals surface area (Å²) in [6.07, 6.45) is 1.15. The van der Waals surface area contributed by atoms with Gasteiger partial charge in [0, 0.05) is 11.6 Å². The van der Waals surface area contributed by atoms with E-state index in [1.165, 1.54) is 18.2 Å². The zero-order chi connectivity index (χ0) is 7.84. The summed E-state index contributed by atoms with van der Waals surface area (Å²) >= 11 is 0. The highest BCUT2D eigenvalue weighted by atomic mass is 19.1. The molecule has 0 aliphatic carbocycles. The van der Waals surface area contributed by atoms with Crippen LogP contribution in [0, 0.1) is 11.6 Å². The lowest BCUT2D eigenvalue weighted by atomic mass is 10.2. The minimum Gasteiger partial charge on any atom is -0.356 e. The summed E-state index contributed by atoms with van der Waals surface area (Å²) in [4.78, 5) is 2.51. The highest BCUT2D eigenvalue weighted by molar-refractivity contribution is 5.80. The molecule has 0 atom stereocenters. The average Bonchev–Trinajstić information content (AvgIpc) is 2.35. The van der Waals surface area contributed by atoms with Crippen molar-refractivity contribution >= 4 is 10.9 Å². The van der Waals surface area contributed by atoms with E-state index in [9.17, 15) is 8.78 Å². The number of hydrogen-bond acceptors (Lipinski definition) is 0. The summed E-state index contributed by atoms with van der Waals surface area (Å²) < 4.78 is 25.5. The molecule has 56 valence electrons. The molecule has 2 rings (SSSR count). The SMILES string of the molecule is Fc1c[nH]c2c(F)cccc12. The third-order valence-electron chi connectivity index (χ3n) is 1.61. The molecule has 3 heteroatoms. The van der Waals surface area contributed by atoms with Crippen LogP contribution in [0.3, 0.4) is 0 Å². The van der Waals surface area contributed by atoms with Crippen LogP contribution in [0.2, 0.25) is 0 Å². The number of aromatic nitrogens is 1. The maximum Gasteiger partial charge on any atom is 0.148 e. The Labute approximate surface area is 61.7 Å². The van der Waals surface area contributed by atoms with Crippen molar-refractivity contribution in [3.63, 3.8) is 0 Å². The molecule has 0 aliphatic heterocycles. The van der Waals surface area contributed by atoms with E-state index in [2.05, 4.69) is 4.98 Å². The molecule has 11 heavy (non-hydrogen) atoms. The minimum atomic E-state index is -0.425. The van der Waals surface area contributed by atoms with E-state index in [-0.39, 0.29) is 5.52 Å². The molecular formula is C8H5F2N. The van der Waals surface area contributed by atoms with Gasteiger partial charge in [0.05, 0.1) is 5.52 Å². The van der Waals surface area contributed by atoms with Crippen LogP contribution < -0.4 is 0 Å². The molecular weight excluding hydrogens is 148 g/mol. The molecule has 1 heterocycles. The Morgan fingerprint density at radius 2 is 1.91 bits per heavy atom.